The summed E-state index contributed by atoms with van der Waals surface area (Å²) in [6.07, 6.45) is 5.41. The van der Waals surface area contributed by atoms with Crippen LogP contribution in [0.3, 0.4) is 0 Å². The molecule has 98 valence electrons. The van der Waals surface area contributed by atoms with Crippen molar-refractivity contribution in [2.75, 3.05) is 0 Å². The van der Waals surface area contributed by atoms with Crippen molar-refractivity contribution in [1.29, 1.82) is 0 Å². The fourth-order valence-electron chi connectivity index (χ4n) is 2.92. The Balaban J connectivity index is 2.71. The monoisotopic (exact) mass is 242 g/mol. The average molecular weight is 242 g/mol. The number of ether oxygens (including phenoxy) is 1. The molecular formula is C13H22O4. The Morgan fingerprint density at radius 3 is 2.59 bits per heavy atom. The van der Waals surface area contributed by atoms with Gasteiger partial charge in [0.25, 0.3) is 0 Å². The lowest BCUT2D eigenvalue weighted by molar-refractivity contribution is -0.174. The van der Waals surface area contributed by atoms with E-state index in [1.54, 1.807) is 0 Å². The summed E-state index contributed by atoms with van der Waals surface area (Å²) in [7, 11) is 0. The molecule has 0 spiro atoms. The van der Waals surface area contributed by atoms with E-state index in [1.807, 2.05) is 6.92 Å². The first-order valence-electron chi connectivity index (χ1n) is 6.47. The number of carbonyl (C=O) groups is 2. The smallest absolute Gasteiger partial charge is 0.317 e. The van der Waals surface area contributed by atoms with E-state index in [-0.39, 0.29) is 0 Å². The van der Waals surface area contributed by atoms with E-state index in [0.717, 1.165) is 32.1 Å². The minimum Gasteiger partial charge on any atom is -0.481 e. The number of carboxylic acids is 1. The zero-order chi connectivity index (χ0) is 12.9. The molecule has 1 saturated carbocycles. The lowest BCUT2D eigenvalue weighted by Crippen LogP contribution is -2.44. The maximum absolute atomic E-state index is 11.5. The molecule has 1 fully saturated rings. The van der Waals surface area contributed by atoms with Gasteiger partial charge < -0.3 is 9.84 Å². The molecule has 0 saturated heterocycles. The summed E-state index contributed by atoms with van der Waals surface area (Å²) < 4.78 is 5.52. The molecule has 0 heterocycles. The minimum absolute atomic E-state index is 0.374. The largest absolute Gasteiger partial charge is 0.481 e. The van der Waals surface area contributed by atoms with Gasteiger partial charge in [-0.25, -0.2) is 0 Å². The van der Waals surface area contributed by atoms with Gasteiger partial charge >= 0.3 is 11.9 Å². The van der Waals surface area contributed by atoms with Crippen molar-refractivity contribution in [3.8, 4) is 0 Å². The van der Waals surface area contributed by atoms with Gasteiger partial charge in [0.05, 0.1) is 0 Å². The maximum Gasteiger partial charge on any atom is 0.317 e. The predicted molar refractivity (Wildman–Crippen MR) is 63.6 cm³/mol. The van der Waals surface area contributed by atoms with Crippen LogP contribution in [0, 0.1) is 5.92 Å². The lowest BCUT2D eigenvalue weighted by atomic mass is 9.72. The van der Waals surface area contributed by atoms with Gasteiger partial charge in [-0.3, -0.25) is 9.59 Å². The Hall–Kier alpha value is -1.06. The van der Waals surface area contributed by atoms with Crippen LogP contribution in [-0.4, -0.2) is 22.6 Å². The van der Waals surface area contributed by atoms with Gasteiger partial charge in [0.15, 0.2) is 0 Å². The van der Waals surface area contributed by atoms with E-state index in [9.17, 15) is 9.59 Å². The van der Waals surface area contributed by atoms with Crippen LogP contribution in [0.15, 0.2) is 0 Å². The Morgan fingerprint density at radius 1 is 1.35 bits per heavy atom. The quantitative estimate of drug-likeness (QED) is 0.594. The lowest BCUT2D eigenvalue weighted by Gasteiger charge is -2.42. The van der Waals surface area contributed by atoms with Crippen molar-refractivity contribution in [3.63, 3.8) is 0 Å². The number of carboxylic acid groups (broad SMARTS) is 1. The second-order valence-corrected chi connectivity index (χ2v) is 4.81. The zero-order valence-corrected chi connectivity index (χ0v) is 10.7. The molecule has 1 rings (SSSR count). The molecule has 0 aromatic heterocycles. The third-order valence-electron chi connectivity index (χ3n) is 3.85. The second-order valence-electron chi connectivity index (χ2n) is 4.81. The molecule has 1 N–H and O–H groups in total. The van der Waals surface area contributed by atoms with Gasteiger partial charge in [-0.1, -0.05) is 20.3 Å². The summed E-state index contributed by atoms with van der Waals surface area (Å²) in [6.45, 7) is 4.12. The highest BCUT2D eigenvalue weighted by atomic mass is 16.6. The fraction of sp³-hybridized carbons (Fsp3) is 0.846. The van der Waals surface area contributed by atoms with E-state index in [0.29, 0.717) is 5.92 Å². The summed E-state index contributed by atoms with van der Waals surface area (Å²) in [4.78, 5) is 22.0. The van der Waals surface area contributed by atoms with E-state index >= 15 is 0 Å². The molecule has 0 aliphatic heterocycles. The highest BCUT2D eigenvalue weighted by molar-refractivity contribution is 5.90. The van der Waals surface area contributed by atoms with Crippen LogP contribution in [0.2, 0.25) is 0 Å². The Morgan fingerprint density at radius 2 is 2.06 bits per heavy atom. The van der Waals surface area contributed by atoms with E-state index < -0.39 is 24.0 Å². The molecule has 0 bridgehead atoms. The number of esters is 1. The number of carbonyl (C=O) groups excluding carboxylic acids is 1. The summed E-state index contributed by atoms with van der Waals surface area (Å²) in [5.41, 5.74) is -0.417. The standard InChI is InChI=1S/C13H22O4/c1-3-10-7-5-6-8-13(10,4-2)17-12(16)9-11(14)15/h10H,3-9H2,1-2H3,(H,14,15). The van der Waals surface area contributed by atoms with E-state index in [2.05, 4.69) is 6.92 Å². The number of aliphatic carboxylic acids is 1. The molecule has 0 aromatic carbocycles. The zero-order valence-electron chi connectivity index (χ0n) is 10.7. The Bertz CT molecular complexity index is 287. The molecular weight excluding hydrogens is 220 g/mol. The van der Waals surface area contributed by atoms with E-state index in [4.69, 9.17) is 9.84 Å². The van der Waals surface area contributed by atoms with Crippen LogP contribution in [0.1, 0.15) is 58.8 Å². The van der Waals surface area contributed by atoms with Crippen LogP contribution in [0.4, 0.5) is 0 Å². The molecule has 1 aliphatic carbocycles. The average Bonchev–Trinajstić information content (AvgIpc) is 2.28. The maximum atomic E-state index is 11.5. The first kappa shape index (κ1) is 14.0. The summed E-state index contributed by atoms with van der Waals surface area (Å²) in [5.74, 6) is -1.34. The van der Waals surface area contributed by atoms with Crippen LogP contribution in [0.25, 0.3) is 0 Å². The number of hydrogen-bond acceptors (Lipinski definition) is 3. The SMILES string of the molecule is CCC1CCCCC1(CC)OC(=O)CC(=O)O. The molecule has 2 unspecified atom stereocenters. The van der Waals surface area contributed by atoms with E-state index in [1.165, 1.54) is 6.42 Å². The van der Waals surface area contributed by atoms with Crippen molar-refractivity contribution in [2.45, 2.75) is 64.4 Å². The minimum atomic E-state index is -1.12. The van der Waals surface area contributed by atoms with Gasteiger partial charge in [0.2, 0.25) is 0 Å². The second kappa shape index (κ2) is 6.03. The predicted octanol–water partition coefficient (Wildman–Crippen LogP) is 2.75. The fourth-order valence-corrected chi connectivity index (χ4v) is 2.92. The van der Waals surface area contributed by atoms with Crippen LogP contribution in [-0.2, 0) is 14.3 Å². The molecule has 4 heteroatoms. The molecule has 0 radical (unpaired) electrons. The first-order chi connectivity index (χ1) is 8.04. The van der Waals surface area contributed by atoms with Crippen LogP contribution >= 0.6 is 0 Å². The van der Waals surface area contributed by atoms with Crippen molar-refractivity contribution in [1.82, 2.24) is 0 Å². The highest BCUT2D eigenvalue weighted by Crippen LogP contribution is 2.41. The molecule has 4 nitrogen and oxygen atoms in total. The Kier molecular flexibility index (Phi) is 4.97. The van der Waals surface area contributed by atoms with Gasteiger partial charge in [0.1, 0.15) is 12.0 Å². The molecule has 17 heavy (non-hydrogen) atoms. The van der Waals surface area contributed by atoms with Crippen molar-refractivity contribution >= 4 is 11.9 Å². The third kappa shape index (κ3) is 3.45. The highest BCUT2D eigenvalue weighted by Gasteiger charge is 2.41. The molecule has 0 aromatic rings. The van der Waals surface area contributed by atoms with Gasteiger partial charge in [-0.15, -0.1) is 0 Å². The number of rotatable bonds is 5. The number of hydrogen-bond donors (Lipinski definition) is 1. The molecule has 2 atom stereocenters. The first-order valence-corrected chi connectivity index (χ1v) is 6.47. The van der Waals surface area contributed by atoms with Crippen molar-refractivity contribution in [2.24, 2.45) is 5.92 Å². The normalized spacial score (nSPS) is 28.7. The molecule has 0 amide bonds. The third-order valence-corrected chi connectivity index (χ3v) is 3.85. The summed E-state index contributed by atoms with van der Waals surface area (Å²) >= 11 is 0. The van der Waals surface area contributed by atoms with Crippen LogP contribution < -0.4 is 0 Å². The van der Waals surface area contributed by atoms with Gasteiger partial charge in [-0.2, -0.15) is 0 Å². The Labute approximate surface area is 102 Å². The molecule has 1 aliphatic rings. The van der Waals surface area contributed by atoms with Gasteiger partial charge in [0, 0.05) is 0 Å². The van der Waals surface area contributed by atoms with Gasteiger partial charge in [-0.05, 0) is 38.0 Å². The van der Waals surface area contributed by atoms with Crippen molar-refractivity contribution < 1.29 is 19.4 Å². The van der Waals surface area contributed by atoms with Crippen molar-refractivity contribution in [3.05, 3.63) is 0 Å². The topological polar surface area (TPSA) is 63.6 Å². The summed E-state index contributed by atoms with van der Waals surface area (Å²) in [5, 5.41) is 8.59. The summed E-state index contributed by atoms with van der Waals surface area (Å²) in [6, 6.07) is 0. The van der Waals surface area contributed by atoms with Crippen LogP contribution in [0.5, 0.6) is 0 Å².